The molecule has 1 aliphatic rings. The zero-order valence-electron chi connectivity index (χ0n) is 12.4. The Morgan fingerprint density at radius 2 is 2.22 bits per heavy atom. The second-order valence-corrected chi connectivity index (χ2v) is 5.37. The molecule has 1 aliphatic heterocycles. The van der Waals surface area contributed by atoms with Crippen molar-refractivity contribution in [3.8, 4) is 6.07 Å². The van der Waals surface area contributed by atoms with Crippen molar-refractivity contribution in [2.45, 2.75) is 6.92 Å². The van der Waals surface area contributed by atoms with Gasteiger partial charge in [0.2, 0.25) is 5.90 Å². The third kappa shape index (κ3) is 2.74. The molecule has 0 N–H and O–H groups in total. The molecule has 0 saturated heterocycles. The maximum absolute atomic E-state index is 12.0. The average molecular weight is 327 g/mol. The molecular formula is C16H11ClN4O2. The van der Waals surface area contributed by atoms with Crippen LogP contribution >= 0.6 is 11.6 Å². The number of halogens is 1. The van der Waals surface area contributed by atoms with Crippen LogP contribution in [0.3, 0.4) is 0 Å². The van der Waals surface area contributed by atoms with Crippen molar-refractivity contribution in [1.29, 1.82) is 5.26 Å². The highest BCUT2D eigenvalue weighted by atomic mass is 35.5. The first-order valence-corrected chi connectivity index (χ1v) is 7.08. The van der Waals surface area contributed by atoms with Crippen LogP contribution in [-0.2, 0) is 16.6 Å². The summed E-state index contributed by atoms with van der Waals surface area (Å²) in [6.45, 7) is 1.86. The summed E-state index contributed by atoms with van der Waals surface area (Å²) < 4.78 is 6.89. The summed E-state index contributed by atoms with van der Waals surface area (Å²) in [5, 5.41) is 9.53. The molecule has 114 valence electrons. The molecule has 0 bridgehead atoms. The summed E-state index contributed by atoms with van der Waals surface area (Å²) in [5.41, 5.74) is 2.63. The predicted molar refractivity (Wildman–Crippen MR) is 84.7 cm³/mol. The van der Waals surface area contributed by atoms with Crippen molar-refractivity contribution in [2.24, 2.45) is 12.0 Å². The Kier molecular flexibility index (Phi) is 3.72. The Bertz CT molecular complexity index is 919. The quantitative estimate of drug-likeness (QED) is 0.627. The van der Waals surface area contributed by atoms with Gasteiger partial charge in [-0.1, -0.05) is 11.6 Å². The molecule has 0 spiro atoms. The number of pyridine rings is 1. The van der Waals surface area contributed by atoms with Crippen molar-refractivity contribution in [3.63, 3.8) is 0 Å². The van der Waals surface area contributed by atoms with Gasteiger partial charge in [-0.25, -0.2) is 9.79 Å². The first kappa shape index (κ1) is 15.0. The number of ether oxygens (including phenoxy) is 1. The van der Waals surface area contributed by atoms with E-state index in [4.69, 9.17) is 21.6 Å². The normalized spacial score (nSPS) is 15.5. The molecule has 3 heterocycles. The van der Waals surface area contributed by atoms with E-state index in [2.05, 4.69) is 16.0 Å². The fourth-order valence-electron chi connectivity index (χ4n) is 2.16. The number of rotatable bonds is 2. The van der Waals surface area contributed by atoms with Gasteiger partial charge in [-0.2, -0.15) is 5.26 Å². The number of carbonyl (C=O) groups excluding carboxylic acids is 1. The highest BCUT2D eigenvalue weighted by molar-refractivity contribution is 6.31. The van der Waals surface area contributed by atoms with Gasteiger partial charge in [0.25, 0.3) is 0 Å². The van der Waals surface area contributed by atoms with Gasteiger partial charge in [-0.05, 0) is 36.8 Å². The molecule has 7 heteroatoms. The summed E-state index contributed by atoms with van der Waals surface area (Å²) in [4.78, 5) is 20.2. The first-order chi connectivity index (χ1) is 11.0. The summed E-state index contributed by atoms with van der Waals surface area (Å²) >= 11 is 5.90. The number of aliphatic imine (C=N–C) groups is 1. The predicted octanol–water partition coefficient (Wildman–Crippen LogP) is 2.60. The maximum atomic E-state index is 12.0. The van der Waals surface area contributed by atoms with Crippen LogP contribution < -0.4 is 0 Å². The van der Waals surface area contributed by atoms with E-state index in [1.807, 2.05) is 6.92 Å². The van der Waals surface area contributed by atoms with Crippen LogP contribution in [0.25, 0.3) is 6.08 Å². The second-order valence-electron chi connectivity index (χ2n) is 4.94. The summed E-state index contributed by atoms with van der Waals surface area (Å²) in [6.07, 6.45) is 3.10. The zero-order valence-corrected chi connectivity index (χ0v) is 13.1. The van der Waals surface area contributed by atoms with Crippen LogP contribution in [0.2, 0.25) is 5.02 Å². The lowest BCUT2D eigenvalue weighted by molar-refractivity contribution is -0.129. The molecule has 0 unspecified atom stereocenters. The molecule has 0 fully saturated rings. The van der Waals surface area contributed by atoms with E-state index in [9.17, 15) is 4.79 Å². The van der Waals surface area contributed by atoms with E-state index in [1.165, 1.54) is 6.20 Å². The molecule has 0 amide bonds. The lowest BCUT2D eigenvalue weighted by atomic mass is 10.2. The van der Waals surface area contributed by atoms with Gasteiger partial charge >= 0.3 is 5.97 Å². The summed E-state index contributed by atoms with van der Waals surface area (Å²) in [5.74, 6) is -0.457. The van der Waals surface area contributed by atoms with Crippen molar-refractivity contribution < 1.29 is 9.53 Å². The number of aromatic nitrogens is 2. The maximum Gasteiger partial charge on any atom is 0.363 e. The number of esters is 1. The number of carbonyl (C=O) groups is 1. The van der Waals surface area contributed by atoms with E-state index in [-0.39, 0.29) is 11.6 Å². The van der Waals surface area contributed by atoms with Crippen molar-refractivity contribution >= 4 is 29.5 Å². The number of nitriles is 1. The van der Waals surface area contributed by atoms with E-state index < -0.39 is 5.97 Å². The van der Waals surface area contributed by atoms with Crippen molar-refractivity contribution in [3.05, 3.63) is 57.8 Å². The van der Waals surface area contributed by atoms with Gasteiger partial charge in [0, 0.05) is 24.0 Å². The van der Waals surface area contributed by atoms with Gasteiger partial charge in [-0.3, -0.25) is 4.98 Å². The molecular weight excluding hydrogens is 316 g/mol. The summed E-state index contributed by atoms with van der Waals surface area (Å²) in [6, 6.07) is 6.97. The largest absolute Gasteiger partial charge is 0.400 e. The Morgan fingerprint density at radius 3 is 2.87 bits per heavy atom. The Morgan fingerprint density at radius 1 is 1.43 bits per heavy atom. The summed E-state index contributed by atoms with van der Waals surface area (Å²) in [7, 11) is 1.79. The molecule has 0 radical (unpaired) electrons. The molecule has 0 saturated carbocycles. The van der Waals surface area contributed by atoms with E-state index >= 15 is 0 Å². The monoisotopic (exact) mass is 326 g/mol. The minimum Gasteiger partial charge on any atom is -0.400 e. The second kappa shape index (κ2) is 5.71. The number of cyclic esters (lactones) is 1. The topological polar surface area (TPSA) is 80.3 Å². The molecule has 2 aromatic heterocycles. The lowest BCUT2D eigenvalue weighted by Gasteiger charge is -1.98. The third-order valence-corrected chi connectivity index (χ3v) is 3.78. The molecule has 0 aliphatic carbocycles. The standard InChI is InChI=1S/C16H11ClN4O2/c1-9-10(5-12(8-18)21(9)2)6-14-16(22)23-15(20-14)13-7-11(17)3-4-19-13/h3-7H,1-2H3/b14-6+. The van der Waals surface area contributed by atoms with Crippen LogP contribution in [-0.4, -0.2) is 21.4 Å². The molecule has 0 aromatic carbocycles. The fraction of sp³-hybridized carbons (Fsp3) is 0.125. The van der Waals surface area contributed by atoms with E-state index in [1.54, 1.807) is 35.9 Å². The smallest absolute Gasteiger partial charge is 0.363 e. The number of hydrogen-bond donors (Lipinski definition) is 0. The van der Waals surface area contributed by atoms with Crippen LogP contribution in [0.5, 0.6) is 0 Å². The highest BCUT2D eigenvalue weighted by Gasteiger charge is 2.25. The Labute approximate surface area is 137 Å². The van der Waals surface area contributed by atoms with Crippen LogP contribution in [0.4, 0.5) is 0 Å². The van der Waals surface area contributed by atoms with Gasteiger partial charge in [-0.15, -0.1) is 0 Å². The molecule has 6 nitrogen and oxygen atoms in total. The average Bonchev–Trinajstić information content (AvgIpc) is 3.03. The van der Waals surface area contributed by atoms with Crippen LogP contribution in [0.15, 0.2) is 35.1 Å². The van der Waals surface area contributed by atoms with Gasteiger partial charge in [0.05, 0.1) is 0 Å². The third-order valence-electron chi connectivity index (χ3n) is 3.54. The molecule has 23 heavy (non-hydrogen) atoms. The zero-order chi connectivity index (χ0) is 16.6. The highest BCUT2D eigenvalue weighted by Crippen LogP contribution is 2.22. The minimum atomic E-state index is -0.566. The molecule has 0 atom stereocenters. The van der Waals surface area contributed by atoms with Gasteiger partial charge < -0.3 is 9.30 Å². The van der Waals surface area contributed by atoms with E-state index in [0.717, 1.165) is 11.3 Å². The molecule has 3 rings (SSSR count). The first-order valence-electron chi connectivity index (χ1n) is 6.70. The van der Waals surface area contributed by atoms with Crippen molar-refractivity contribution in [1.82, 2.24) is 9.55 Å². The number of nitrogens with zero attached hydrogens (tertiary/aromatic N) is 4. The number of hydrogen-bond acceptors (Lipinski definition) is 5. The minimum absolute atomic E-state index is 0.109. The van der Waals surface area contributed by atoms with Crippen molar-refractivity contribution in [2.75, 3.05) is 0 Å². The van der Waals surface area contributed by atoms with Gasteiger partial charge in [0.15, 0.2) is 5.70 Å². The molecule has 2 aromatic rings. The van der Waals surface area contributed by atoms with Crippen LogP contribution in [0, 0.1) is 18.3 Å². The SMILES string of the molecule is Cc1c(/C=C2/N=C(c3cc(Cl)ccn3)OC2=O)cc(C#N)n1C. The van der Waals surface area contributed by atoms with Crippen LogP contribution in [0.1, 0.15) is 22.6 Å². The van der Waals surface area contributed by atoms with Gasteiger partial charge in [0.1, 0.15) is 17.5 Å². The Hall–Kier alpha value is -2.91. The lowest BCUT2D eigenvalue weighted by Crippen LogP contribution is -2.07. The Balaban J connectivity index is 2.00. The fourth-order valence-corrected chi connectivity index (χ4v) is 2.32. The van der Waals surface area contributed by atoms with E-state index in [0.29, 0.717) is 16.4 Å².